The Morgan fingerprint density at radius 1 is 1.12 bits per heavy atom. The number of hydrogen-bond acceptors (Lipinski definition) is 9. The lowest BCUT2D eigenvalue weighted by molar-refractivity contribution is -0.739. The maximum Gasteiger partial charge on any atom is 0.314 e. The Hall–Kier alpha value is -4.13. The number of nitrogens with zero attached hydrogens (tertiary/aromatic N) is 3. The number of nitrogens with one attached hydrogen (secondary N) is 1. The molecule has 3 heterocycles. The van der Waals surface area contributed by atoms with E-state index in [-0.39, 0.29) is 59.2 Å². The van der Waals surface area contributed by atoms with Crippen molar-refractivity contribution in [3.8, 4) is 22.9 Å². The van der Waals surface area contributed by atoms with E-state index in [1.807, 2.05) is 19.1 Å². The van der Waals surface area contributed by atoms with Crippen molar-refractivity contribution in [3.63, 3.8) is 0 Å². The van der Waals surface area contributed by atoms with Crippen molar-refractivity contribution in [2.45, 2.75) is 63.4 Å². The van der Waals surface area contributed by atoms with Crippen molar-refractivity contribution in [3.05, 3.63) is 64.2 Å². The van der Waals surface area contributed by atoms with Crippen LogP contribution in [0.2, 0.25) is 0 Å². The number of phenols is 3. The largest absolute Gasteiger partial charge is 0.508 e. The van der Waals surface area contributed by atoms with Crippen molar-refractivity contribution in [2.24, 2.45) is 0 Å². The predicted molar refractivity (Wildman–Crippen MR) is 145 cm³/mol. The molecule has 2 aromatic carbocycles. The molecule has 2 aromatic heterocycles. The number of benzene rings is 2. The molecule has 12 nitrogen and oxygen atoms in total. The molecule has 0 aliphatic carbocycles. The molecule has 212 valence electrons. The molecule has 0 bridgehead atoms. The van der Waals surface area contributed by atoms with Gasteiger partial charge in [-0.3, -0.25) is 9.78 Å². The number of nitrogens with two attached hydrogens (primary N) is 1. The van der Waals surface area contributed by atoms with Crippen LogP contribution >= 0.6 is 0 Å². The highest BCUT2D eigenvalue weighted by Crippen LogP contribution is 2.44. The van der Waals surface area contributed by atoms with Gasteiger partial charge in [0.05, 0.1) is 12.7 Å². The van der Waals surface area contributed by atoms with Crippen LogP contribution in [0.3, 0.4) is 0 Å². The first kappa shape index (κ1) is 27.4. The van der Waals surface area contributed by atoms with Crippen LogP contribution in [0.1, 0.15) is 62.3 Å². The third-order valence-corrected chi connectivity index (χ3v) is 7.78. The number of nitrogen functional groups attached to an aromatic ring is 1. The minimum absolute atomic E-state index is 0.0204. The number of aliphatic hydroxyl groups excluding tert-OH is 2. The van der Waals surface area contributed by atoms with Crippen molar-refractivity contribution in [1.29, 1.82) is 0 Å². The maximum absolute atomic E-state index is 13.3. The Bertz CT molecular complexity index is 1580. The van der Waals surface area contributed by atoms with Crippen molar-refractivity contribution in [1.82, 2.24) is 14.5 Å². The number of fused-ring (bicyclic) bond motifs is 1. The number of aliphatic hydroxyl groups is 2. The molecule has 1 fully saturated rings. The second-order valence-electron chi connectivity index (χ2n) is 10.2. The topological polar surface area (TPSA) is 191 Å². The zero-order valence-electron chi connectivity index (χ0n) is 22.2. The Kier molecular flexibility index (Phi) is 7.41. The summed E-state index contributed by atoms with van der Waals surface area (Å²) in [7, 11) is 0. The monoisotopic (exact) mass is 552 g/mol. The molecule has 0 radical (unpaired) electrons. The first-order valence-corrected chi connectivity index (χ1v) is 13.3. The van der Waals surface area contributed by atoms with Gasteiger partial charge in [-0.1, -0.05) is 31.0 Å². The number of imidazole rings is 1. The Balaban J connectivity index is 1.74. The van der Waals surface area contributed by atoms with Crippen LogP contribution in [0.15, 0.2) is 47.5 Å². The number of H-pyrrole nitrogens is 1. The predicted octanol–water partition coefficient (Wildman–Crippen LogP) is 2.03. The van der Waals surface area contributed by atoms with Crippen LogP contribution in [0, 0.1) is 0 Å². The van der Waals surface area contributed by atoms with E-state index in [0.717, 1.165) is 12.0 Å². The third kappa shape index (κ3) is 4.74. The molecule has 1 aliphatic rings. The Labute approximate surface area is 229 Å². The molecule has 1 saturated heterocycles. The molecule has 40 heavy (non-hydrogen) atoms. The highest BCUT2D eigenvalue weighted by Gasteiger charge is 2.40. The smallest absolute Gasteiger partial charge is 0.314 e. The van der Waals surface area contributed by atoms with Crippen LogP contribution in [-0.2, 0) is 4.74 Å². The number of ether oxygens (including phenoxy) is 1. The van der Waals surface area contributed by atoms with E-state index in [2.05, 4.69) is 16.9 Å². The molecule has 8 N–H and O–H groups in total. The summed E-state index contributed by atoms with van der Waals surface area (Å²) in [4.78, 5) is 20.1. The fourth-order valence-electron chi connectivity index (χ4n) is 5.83. The SMILES string of the molecule is CCC(c1ccc(O)cc1)C(CC)c1cc(O)c(O)cc1-n1c[n+]([C@H]2C[C@H](O)[C@@H](CO)O2)c2nc(N)[nH]c(=O)c21. The fourth-order valence-corrected chi connectivity index (χ4v) is 5.83. The van der Waals surface area contributed by atoms with E-state index >= 15 is 0 Å². The van der Waals surface area contributed by atoms with E-state index in [0.29, 0.717) is 17.7 Å². The standard InChI is InChI=1S/C28H33N5O7/c1-3-16(14-5-7-15(35)8-6-14)17(4-2)18-9-20(36)21(37)10-19(18)32-13-33(24-11-22(38)23(12-34)40-24)26-25(32)27(39)31-28(29)30-26/h5-10,13,16-17,22-24,34,38H,3-4,11-12H2,1-2H3,(H5-,29,30,31,35,36,37,39)/p+1/t16?,17?,22-,23+,24+/m0/s1. The molecule has 5 atom stereocenters. The second kappa shape index (κ2) is 10.8. The van der Waals surface area contributed by atoms with E-state index in [9.17, 15) is 30.3 Å². The van der Waals surface area contributed by atoms with Gasteiger partial charge in [-0.05, 0) is 54.0 Å². The number of phenolic OH excluding ortho intramolecular Hbond substituents is 3. The number of hydrogen-bond donors (Lipinski definition) is 7. The number of rotatable bonds is 8. The number of anilines is 1. The molecule has 0 amide bonds. The van der Waals surface area contributed by atoms with Crippen LogP contribution in [0.25, 0.3) is 16.9 Å². The van der Waals surface area contributed by atoms with Gasteiger partial charge in [0, 0.05) is 12.5 Å². The van der Waals surface area contributed by atoms with Gasteiger partial charge in [-0.15, -0.1) is 0 Å². The summed E-state index contributed by atoms with van der Waals surface area (Å²) in [5.41, 5.74) is 7.78. The molecule has 0 saturated carbocycles. The minimum atomic E-state index is -0.923. The lowest BCUT2D eigenvalue weighted by atomic mass is 9.77. The molecule has 5 rings (SSSR count). The van der Waals surface area contributed by atoms with Gasteiger partial charge in [0.2, 0.25) is 5.52 Å². The normalized spacial score (nSPS) is 20.6. The number of aromatic hydroxyl groups is 3. The van der Waals surface area contributed by atoms with Crippen molar-refractivity contribution < 1.29 is 34.8 Å². The van der Waals surface area contributed by atoms with Gasteiger partial charge in [-0.2, -0.15) is 0 Å². The maximum atomic E-state index is 13.3. The highest BCUT2D eigenvalue weighted by atomic mass is 16.5. The zero-order chi connectivity index (χ0) is 28.7. The summed E-state index contributed by atoms with van der Waals surface area (Å²) in [6.07, 6.45) is 0.665. The van der Waals surface area contributed by atoms with E-state index in [4.69, 9.17) is 10.5 Å². The van der Waals surface area contributed by atoms with Crippen LogP contribution < -0.4 is 15.9 Å². The summed E-state index contributed by atoms with van der Waals surface area (Å²) in [6, 6.07) is 9.90. The van der Waals surface area contributed by atoms with E-state index in [1.165, 1.54) is 12.1 Å². The molecular weight excluding hydrogens is 518 g/mol. The van der Waals surface area contributed by atoms with Gasteiger partial charge < -0.3 is 36.0 Å². The average Bonchev–Trinajstić information content (AvgIpc) is 3.49. The first-order valence-electron chi connectivity index (χ1n) is 13.3. The van der Waals surface area contributed by atoms with Gasteiger partial charge >= 0.3 is 5.65 Å². The second-order valence-corrected chi connectivity index (χ2v) is 10.2. The molecule has 1 aliphatic heterocycles. The number of aromatic nitrogens is 4. The van der Waals surface area contributed by atoms with Crippen LogP contribution in [0.5, 0.6) is 17.2 Å². The summed E-state index contributed by atoms with van der Waals surface area (Å²) >= 11 is 0. The summed E-state index contributed by atoms with van der Waals surface area (Å²) in [5, 5.41) is 50.9. The minimum Gasteiger partial charge on any atom is -0.508 e. The lowest BCUT2D eigenvalue weighted by Crippen LogP contribution is -2.39. The van der Waals surface area contributed by atoms with E-state index < -0.39 is 24.0 Å². The van der Waals surface area contributed by atoms with Crippen LogP contribution in [0.4, 0.5) is 5.95 Å². The molecule has 2 unspecified atom stereocenters. The summed E-state index contributed by atoms with van der Waals surface area (Å²) < 4.78 is 9.01. The van der Waals surface area contributed by atoms with Gasteiger partial charge in [0.25, 0.3) is 11.5 Å². The van der Waals surface area contributed by atoms with Crippen LogP contribution in [-0.4, -0.2) is 58.9 Å². The molecule has 4 aromatic rings. The average molecular weight is 553 g/mol. The third-order valence-electron chi connectivity index (χ3n) is 7.78. The first-order chi connectivity index (χ1) is 19.2. The molecule has 12 heteroatoms. The lowest BCUT2D eigenvalue weighted by Gasteiger charge is -2.28. The highest BCUT2D eigenvalue weighted by molar-refractivity contribution is 5.72. The Morgan fingerprint density at radius 2 is 1.80 bits per heavy atom. The number of aromatic amines is 1. The van der Waals surface area contributed by atoms with Gasteiger partial charge in [0.1, 0.15) is 17.5 Å². The van der Waals surface area contributed by atoms with Crippen molar-refractivity contribution in [2.75, 3.05) is 12.3 Å². The van der Waals surface area contributed by atoms with Crippen molar-refractivity contribution >= 4 is 17.1 Å². The quantitative estimate of drug-likeness (QED) is 0.127. The summed E-state index contributed by atoms with van der Waals surface area (Å²) in [6.45, 7) is 3.70. The molecule has 0 spiro atoms. The molecular formula is C28H34N5O7+. The van der Waals surface area contributed by atoms with Gasteiger partial charge in [-0.25, -0.2) is 9.13 Å². The zero-order valence-corrected chi connectivity index (χ0v) is 22.2. The van der Waals surface area contributed by atoms with Gasteiger partial charge in [0.15, 0.2) is 24.1 Å². The Morgan fingerprint density at radius 3 is 2.42 bits per heavy atom. The fraction of sp³-hybridized carbons (Fsp3) is 0.393. The summed E-state index contributed by atoms with van der Waals surface area (Å²) in [5.74, 6) is -0.802. The van der Waals surface area contributed by atoms with E-state index in [1.54, 1.807) is 27.6 Å².